The minimum atomic E-state index is -0.408. The molecule has 0 unspecified atom stereocenters. The topological polar surface area (TPSA) is 64.1 Å². The summed E-state index contributed by atoms with van der Waals surface area (Å²) >= 11 is 0. The van der Waals surface area contributed by atoms with Crippen molar-refractivity contribution < 1.29 is 13.9 Å². The highest BCUT2D eigenvalue weighted by atomic mass is 19.1. The normalized spacial score (nSPS) is 10.1. The van der Waals surface area contributed by atoms with Gasteiger partial charge in [0.15, 0.2) is 0 Å². The molecule has 0 saturated carbocycles. The molecule has 1 heterocycles. The Labute approximate surface area is 131 Å². The first kappa shape index (κ1) is 14.6. The zero-order chi connectivity index (χ0) is 16.1. The Morgan fingerprint density at radius 3 is 2.43 bits per heavy atom. The van der Waals surface area contributed by atoms with Crippen molar-refractivity contribution in [3.05, 3.63) is 78.4 Å². The van der Waals surface area contributed by atoms with Crippen LogP contribution < -0.4 is 10.1 Å². The van der Waals surface area contributed by atoms with Crippen LogP contribution >= 0.6 is 0 Å². The van der Waals surface area contributed by atoms with Crippen LogP contribution in [0.3, 0.4) is 0 Å². The molecular weight excluding hydrogens is 297 g/mol. The van der Waals surface area contributed by atoms with E-state index in [0.717, 1.165) is 0 Å². The van der Waals surface area contributed by atoms with Crippen molar-refractivity contribution in [3.8, 4) is 11.8 Å². The molecule has 0 bridgehead atoms. The Morgan fingerprint density at radius 2 is 1.74 bits per heavy atom. The summed E-state index contributed by atoms with van der Waals surface area (Å²) < 4.78 is 18.5. The van der Waals surface area contributed by atoms with Crippen LogP contribution in [0.2, 0.25) is 0 Å². The number of ether oxygens (including phenoxy) is 1. The van der Waals surface area contributed by atoms with E-state index in [9.17, 15) is 9.18 Å². The number of benzene rings is 2. The van der Waals surface area contributed by atoms with Crippen LogP contribution in [0.5, 0.6) is 11.8 Å². The molecule has 3 rings (SSSR count). The molecule has 0 aliphatic heterocycles. The fraction of sp³-hybridized carbons (Fsp3) is 0. The predicted molar refractivity (Wildman–Crippen MR) is 82.9 cm³/mol. The highest BCUT2D eigenvalue weighted by Crippen LogP contribution is 2.18. The van der Waals surface area contributed by atoms with Gasteiger partial charge in [-0.2, -0.15) is 0 Å². The number of anilines is 1. The number of halogens is 1. The van der Waals surface area contributed by atoms with Gasteiger partial charge in [-0.3, -0.25) is 4.79 Å². The molecular formula is C17H12FN3O2. The van der Waals surface area contributed by atoms with Gasteiger partial charge < -0.3 is 10.1 Å². The number of aromatic nitrogens is 2. The first-order valence-electron chi connectivity index (χ1n) is 6.82. The third-order valence-corrected chi connectivity index (χ3v) is 2.95. The summed E-state index contributed by atoms with van der Waals surface area (Å²) in [6.45, 7) is 0. The fourth-order valence-corrected chi connectivity index (χ4v) is 1.89. The van der Waals surface area contributed by atoms with Crippen LogP contribution in [0.15, 0.2) is 67.0 Å². The number of carbonyl (C=O) groups is 1. The van der Waals surface area contributed by atoms with Gasteiger partial charge in [-0.25, -0.2) is 14.4 Å². The van der Waals surface area contributed by atoms with Crippen molar-refractivity contribution in [3.63, 3.8) is 0 Å². The molecule has 2 aromatic carbocycles. The summed E-state index contributed by atoms with van der Waals surface area (Å²) in [6, 6.07) is 14.1. The van der Waals surface area contributed by atoms with E-state index < -0.39 is 5.82 Å². The Hall–Kier alpha value is -3.28. The molecule has 1 N–H and O–H groups in total. The van der Waals surface area contributed by atoms with Gasteiger partial charge in [0.05, 0.1) is 0 Å². The molecule has 3 aromatic rings. The van der Waals surface area contributed by atoms with Gasteiger partial charge in [0.1, 0.15) is 11.6 Å². The highest BCUT2D eigenvalue weighted by Gasteiger charge is 2.07. The van der Waals surface area contributed by atoms with E-state index in [-0.39, 0.29) is 11.9 Å². The standard InChI is InChI=1S/C17H12FN3O2/c18-13-3-1-4-14(11-13)21-16(22)12-5-7-15(8-6-12)23-17-19-9-2-10-20-17/h1-11H,(H,21,22). The van der Waals surface area contributed by atoms with Gasteiger partial charge in [0, 0.05) is 23.6 Å². The van der Waals surface area contributed by atoms with Crippen LogP contribution in [0.1, 0.15) is 10.4 Å². The van der Waals surface area contributed by atoms with Crippen molar-refractivity contribution in [2.24, 2.45) is 0 Å². The molecule has 114 valence electrons. The van der Waals surface area contributed by atoms with E-state index in [0.29, 0.717) is 17.0 Å². The molecule has 0 spiro atoms. The summed E-state index contributed by atoms with van der Waals surface area (Å²) in [4.78, 5) is 20.0. The maximum Gasteiger partial charge on any atom is 0.321 e. The van der Waals surface area contributed by atoms with Crippen LogP contribution in [-0.2, 0) is 0 Å². The minimum Gasteiger partial charge on any atom is -0.424 e. The van der Waals surface area contributed by atoms with Crippen LogP contribution in [0.25, 0.3) is 0 Å². The number of hydrogen-bond acceptors (Lipinski definition) is 4. The van der Waals surface area contributed by atoms with Crippen LogP contribution in [-0.4, -0.2) is 15.9 Å². The van der Waals surface area contributed by atoms with E-state index in [4.69, 9.17) is 4.74 Å². The maximum atomic E-state index is 13.1. The summed E-state index contributed by atoms with van der Waals surface area (Å²) in [6.07, 6.45) is 3.15. The van der Waals surface area contributed by atoms with Crippen LogP contribution in [0.4, 0.5) is 10.1 Å². The van der Waals surface area contributed by atoms with Crippen molar-refractivity contribution in [2.75, 3.05) is 5.32 Å². The Balaban J connectivity index is 1.68. The third kappa shape index (κ3) is 3.88. The van der Waals surface area contributed by atoms with E-state index >= 15 is 0 Å². The quantitative estimate of drug-likeness (QED) is 0.799. The Morgan fingerprint density at radius 1 is 1.00 bits per heavy atom. The molecule has 1 amide bonds. The monoisotopic (exact) mass is 309 g/mol. The molecule has 1 aromatic heterocycles. The molecule has 6 heteroatoms. The largest absolute Gasteiger partial charge is 0.424 e. The van der Waals surface area contributed by atoms with Crippen molar-refractivity contribution in [2.45, 2.75) is 0 Å². The molecule has 0 aliphatic rings. The smallest absolute Gasteiger partial charge is 0.321 e. The molecule has 5 nitrogen and oxygen atoms in total. The number of nitrogens with one attached hydrogen (secondary N) is 1. The second-order valence-corrected chi connectivity index (χ2v) is 4.62. The van der Waals surface area contributed by atoms with Gasteiger partial charge in [-0.1, -0.05) is 6.07 Å². The molecule has 23 heavy (non-hydrogen) atoms. The Bertz CT molecular complexity index is 808. The number of rotatable bonds is 4. The maximum absolute atomic E-state index is 13.1. The lowest BCUT2D eigenvalue weighted by Crippen LogP contribution is -2.11. The summed E-state index contributed by atoms with van der Waals surface area (Å²) in [7, 11) is 0. The van der Waals surface area contributed by atoms with Crippen molar-refractivity contribution in [1.82, 2.24) is 9.97 Å². The lowest BCUT2D eigenvalue weighted by atomic mass is 10.2. The van der Waals surface area contributed by atoms with Gasteiger partial charge in [0.25, 0.3) is 5.91 Å². The van der Waals surface area contributed by atoms with Crippen LogP contribution in [0, 0.1) is 5.82 Å². The van der Waals surface area contributed by atoms with Gasteiger partial charge in [-0.05, 0) is 48.5 Å². The average molecular weight is 309 g/mol. The predicted octanol–water partition coefficient (Wildman–Crippen LogP) is 3.66. The van der Waals surface area contributed by atoms with E-state index in [2.05, 4.69) is 15.3 Å². The molecule has 0 radical (unpaired) electrons. The fourth-order valence-electron chi connectivity index (χ4n) is 1.89. The molecule has 0 saturated heterocycles. The first-order chi connectivity index (χ1) is 11.2. The Kier molecular flexibility index (Phi) is 4.24. The van der Waals surface area contributed by atoms with E-state index in [1.807, 2.05) is 0 Å². The van der Waals surface area contributed by atoms with Gasteiger partial charge >= 0.3 is 6.01 Å². The van der Waals surface area contributed by atoms with Crippen molar-refractivity contribution >= 4 is 11.6 Å². The zero-order valence-electron chi connectivity index (χ0n) is 11.9. The molecule has 0 aliphatic carbocycles. The minimum absolute atomic E-state index is 0.226. The number of carbonyl (C=O) groups excluding carboxylic acids is 1. The third-order valence-electron chi connectivity index (χ3n) is 2.95. The number of hydrogen-bond donors (Lipinski definition) is 1. The number of amides is 1. The summed E-state index contributed by atoms with van der Waals surface area (Å²) in [5, 5.41) is 2.62. The molecule has 0 fully saturated rings. The van der Waals surface area contributed by atoms with E-state index in [1.54, 1.807) is 48.8 Å². The average Bonchev–Trinajstić information content (AvgIpc) is 2.56. The number of nitrogens with zero attached hydrogens (tertiary/aromatic N) is 2. The molecule has 0 atom stereocenters. The van der Waals surface area contributed by atoms with Gasteiger partial charge in [-0.15, -0.1) is 0 Å². The first-order valence-corrected chi connectivity index (χ1v) is 6.82. The lowest BCUT2D eigenvalue weighted by Gasteiger charge is -2.07. The van der Waals surface area contributed by atoms with E-state index in [1.165, 1.54) is 18.2 Å². The highest BCUT2D eigenvalue weighted by molar-refractivity contribution is 6.04. The second-order valence-electron chi connectivity index (χ2n) is 4.62. The zero-order valence-corrected chi connectivity index (χ0v) is 11.9. The summed E-state index contributed by atoms with van der Waals surface area (Å²) in [5.74, 6) is -0.231. The summed E-state index contributed by atoms with van der Waals surface area (Å²) in [5.41, 5.74) is 0.823. The second kappa shape index (κ2) is 6.65. The SMILES string of the molecule is O=C(Nc1cccc(F)c1)c1ccc(Oc2ncccn2)cc1. The van der Waals surface area contributed by atoms with Crippen molar-refractivity contribution in [1.29, 1.82) is 0 Å². The lowest BCUT2D eigenvalue weighted by molar-refractivity contribution is 0.102. The van der Waals surface area contributed by atoms with Gasteiger partial charge in [0.2, 0.25) is 0 Å².